The molecule has 4 rings (SSSR count). The lowest BCUT2D eigenvalue weighted by molar-refractivity contribution is -0.113. The fourth-order valence-electron chi connectivity index (χ4n) is 2.19. The lowest BCUT2D eigenvalue weighted by Gasteiger charge is -2.03. The number of benzene rings is 2. The third kappa shape index (κ3) is 3.52. The van der Waals surface area contributed by atoms with Gasteiger partial charge in [0.15, 0.2) is 0 Å². The highest BCUT2D eigenvalue weighted by molar-refractivity contribution is 7.99. The molecule has 2 heterocycles. The number of thioether (sulfide) groups is 1. The molecule has 7 nitrogen and oxygen atoms in total. The summed E-state index contributed by atoms with van der Waals surface area (Å²) in [7, 11) is 0. The minimum atomic E-state index is -0.176. The van der Waals surface area contributed by atoms with E-state index < -0.39 is 0 Å². The van der Waals surface area contributed by atoms with Crippen LogP contribution >= 0.6 is 23.5 Å². The van der Waals surface area contributed by atoms with Crippen molar-refractivity contribution in [2.24, 2.45) is 0 Å². The number of carbonyl (C=O) groups excluding carboxylic acids is 1. The van der Waals surface area contributed by atoms with E-state index in [-0.39, 0.29) is 11.7 Å². The Balaban J connectivity index is 1.39. The molecule has 0 spiro atoms. The summed E-state index contributed by atoms with van der Waals surface area (Å²) in [6.45, 7) is 0. The second kappa shape index (κ2) is 6.99. The van der Waals surface area contributed by atoms with E-state index in [1.807, 2.05) is 42.5 Å². The third-order valence-electron chi connectivity index (χ3n) is 3.31. The van der Waals surface area contributed by atoms with Gasteiger partial charge in [-0.2, -0.15) is 8.75 Å². The molecule has 0 saturated heterocycles. The molecule has 1 amide bonds. The van der Waals surface area contributed by atoms with Crippen LogP contribution in [0.3, 0.4) is 0 Å². The standard InChI is InChI=1S/C16H11N5O2S2/c22-13(17-11-7-4-8-12-14(11)21-25-20-12)9-24-16-19-18-15(23-16)10-5-2-1-3-6-10/h1-8H,9H2,(H,17,22). The fraction of sp³-hybridized carbons (Fsp3) is 0.0625. The summed E-state index contributed by atoms with van der Waals surface area (Å²) in [5, 5.41) is 11.1. The highest BCUT2D eigenvalue weighted by Gasteiger charge is 2.12. The predicted octanol–water partition coefficient (Wildman–Crippen LogP) is 3.47. The number of nitrogens with zero attached hydrogens (tertiary/aromatic N) is 4. The predicted molar refractivity (Wildman–Crippen MR) is 96.5 cm³/mol. The van der Waals surface area contributed by atoms with E-state index in [1.54, 1.807) is 6.07 Å². The maximum absolute atomic E-state index is 12.2. The number of anilines is 1. The second-order valence-corrected chi connectivity index (χ2v) is 6.47. The Morgan fingerprint density at radius 3 is 2.84 bits per heavy atom. The van der Waals surface area contributed by atoms with E-state index in [0.717, 1.165) is 22.8 Å². The van der Waals surface area contributed by atoms with Gasteiger partial charge in [-0.3, -0.25) is 4.79 Å². The second-order valence-electron chi connectivity index (χ2n) is 5.01. The quantitative estimate of drug-likeness (QED) is 0.538. The zero-order valence-electron chi connectivity index (χ0n) is 12.7. The third-order valence-corrected chi connectivity index (χ3v) is 4.68. The molecule has 9 heteroatoms. The summed E-state index contributed by atoms with van der Waals surface area (Å²) in [4.78, 5) is 12.2. The Hall–Kier alpha value is -2.78. The van der Waals surface area contributed by atoms with Crippen LogP contribution in [0.25, 0.3) is 22.5 Å². The number of hydrogen-bond acceptors (Lipinski definition) is 8. The highest BCUT2D eigenvalue weighted by atomic mass is 32.2. The molecular formula is C16H11N5O2S2. The van der Waals surface area contributed by atoms with Gasteiger partial charge in [0.2, 0.25) is 11.8 Å². The first kappa shape index (κ1) is 15.7. The molecule has 1 N–H and O–H groups in total. The van der Waals surface area contributed by atoms with Crippen LogP contribution < -0.4 is 5.32 Å². The van der Waals surface area contributed by atoms with Crippen molar-refractivity contribution in [2.75, 3.05) is 11.1 Å². The van der Waals surface area contributed by atoms with Gasteiger partial charge < -0.3 is 9.73 Å². The van der Waals surface area contributed by atoms with E-state index >= 15 is 0 Å². The van der Waals surface area contributed by atoms with Crippen molar-refractivity contribution >= 4 is 46.1 Å². The van der Waals surface area contributed by atoms with Gasteiger partial charge in [-0.1, -0.05) is 36.0 Å². The molecule has 0 atom stereocenters. The fourth-order valence-corrected chi connectivity index (χ4v) is 3.30. The number of aromatic nitrogens is 4. The zero-order chi connectivity index (χ0) is 17.1. The first-order valence-electron chi connectivity index (χ1n) is 7.32. The first-order valence-corrected chi connectivity index (χ1v) is 9.04. The van der Waals surface area contributed by atoms with Gasteiger partial charge in [0.1, 0.15) is 11.0 Å². The lowest BCUT2D eigenvalue weighted by Crippen LogP contribution is -2.14. The number of carbonyl (C=O) groups is 1. The number of amides is 1. The van der Waals surface area contributed by atoms with E-state index in [9.17, 15) is 4.79 Å². The van der Waals surface area contributed by atoms with E-state index in [4.69, 9.17) is 4.42 Å². The van der Waals surface area contributed by atoms with Crippen molar-refractivity contribution in [3.63, 3.8) is 0 Å². The minimum absolute atomic E-state index is 0.157. The van der Waals surface area contributed by atoms with Crippen molar-refractivity contribution in [3.8, 4) is 11.5 Å². The van der Waals surface area contributed by atoms with Gasteiger partial charge in [-0.05, 0) is 24.3 Å². The van der Waals surface area contributed by atoms with Crippen LogP contribution in [0.4, 0.5) is 5.69 Å². The van der Waals surface area contributed by atoms with Gasteiger partial charge in [0.05, 0.1) is 23.2 Å². The number of fused-ring (bicyclic) bond motifs is 1. The van der Waals surface area contributed by atoms with Crippen LogP contribution in [0, 0.1) is 0 Å². The smallest absolute Gasteiger partial charge is 0.277 e. The Morgan fingerprint density at radius 2 is 1.96 bits per heavy atom. The van der Waals surface area contributed by atoms with Crippen molar-refractivity contribution < 1.29 is 9.21 Å². The van der Waals surface area contributed by atoms with Crippen molar-refractivity contribution in [1.82, 2.24) is 18.9 Å². The van der Waals surface area contributed by atoms with Gasteiger partial charge >= 0.3 is 0 Å². The van der Waals surface area contributed by atoms with Crippen LogP contribution in [-0.2, 0) is 4.79 Å². The molecular weight excluding hydrogens is 358 g/mol. The maximum atomic E-state index is 12.2. The summed E-state index contributed by atoms with van der Waals surface area (Å²) in [5.41, 5.74) is 2.94. The zero-order valence-corrected chi connectivity index (χ0v) is 14.4. The summed E-state index contributed by atoms with van der Waals surface area (Å²) < 4.78 is 13.9. The molecule has 4 aromatic rings. The number of nitrogens with one attached hydrogen (secondary N) is 1. The molecule has 0 radical (unpaired) electrons. The minimum Gasteiger partial charge on any atom is -0.411 e. The molecule has 2 aromatic carbocycles. The molecule has 25 heavy (non-hydrogen) atoms. The topological polar surface area (TPSA) is 93.8 Å². The Labute approximate surface area is 150 Å². The van der Waals surface area contributed by atoms with Gasteiger partial charge in [-0.15, -0.1) is 10.2 Å². The maximum Gasteiger partial charge on any atom is 0.277 e. The summed E-state index contributed by atoms with van der Waals surface area (Å²) in [6.07, 6.45) is 0. The molecule has 0 aliphatic carbocycles. The first-order chi connectivity index (χ1) is 12.3. The molecule has 0 bridgehead atoms. The molecule has 124 valence electrons. The molecule has 0 aliphatic heterocycles. The van der Waals surface area contributed by atoms with Gasteiger partial charge in [-0.25, -0.2) is 0 Å². The highest BCUT2D eigenvalue weighted by Crippen LogP contribution is 2.24. The Kier molecular flexibility index (Phi) is 4.40. The van der Waals surface area contributed by atoms with Crippen LogP contribution in [-0.4, -0.2) is 30.6 Å². The average molecular weight is 369 g/mol. The van der Waals surface area contributed by atoms with Crippen LogP contribution in [0.1, 0.15) is 0 Å². The SMILES string of the molecule is O=C(CSc1nnc(-c2ccccc2)o1)Nc1cccc2nsnc12. The van der Waals surface area contributed by atoms with Gasteiger partial charge in [0, 0.05) is 5.56 Å². The van der Waals surface area contributed by atoms with Crippen LogP contribution in [0.5, 0.6) is 0 Å². The molecule has 0 saturated carbocycles. The normalized spacial score (nSPS) is 10.9. The number of hydrogen-bond donors (Lipinski definition) is 1. The Bertz CT molecular complexity index is 1020. The molecule has 0 unspecified atom stereocenters. The van der Waals surface area contributed by atoms with E-state index in [0.29, 0.717) is 22.3 Å². The number of rotatable bonds is 5. The summed E-state index contributed by atoms with van der Waals surface area (Å²) in [5.74, 6) is 0.413. The Morgan fingerprint density at radius 1 is 1.08 bits per heavy atom. The van der Waals surface area contributed by atoms with E-state index in [1.165, 1.54) is 11.8 Å². The molecule has 2 aromatic heterocycles. The molecule has 0 fully saturated rings. The van der Waals surface area contributed by atoms with Crippen molar-refractivity contribution in [1.29, 1.82) is 0 Å². The monoisotopic (exact) mass is 369 g/mol. The summed E-state index contributed by atoms with van der Waals surface area (Å²) in [6, 6.07) is 15.0. The molecule has 0 aliphatic rings. The summed E-state index contributed by atoms with van der Waals surface area (Å²) >= 11 is 2.30. The van der Waals surface area contributed by atoms with Crippen molar-refractivity contribution in [2.45, 2.75) is 5.22 Å². The van der Waals surface area contributed by atoms with Crippen LogP contribution in [0.15, 0.2) is 58.2 Å². The van der Waals surface area contributed by atoms with E-state index in [2.05, 4.69) is 24.3 Å². The van der Waals surface area contributed by atoms with Crippen molar-refractivity contribution in [3.05, 3.63) is 48.5 Å². The van der Waals surface area contributed by atoms with Crippen LogP contribution in [0.2, 0.25) is 0 Å². The van der Waals surface area contributed by atoms with Gasteiger partial charge in [0.25, 0.3) is 5.22 Å². The lowest BCUT2D eigenvalue weighted by atomic mass is 10.2. The largest absolute Gasteiger partial charge is 0.411 e. The average Bonchev–Trinajstić information content (AvgIpc) is 3.31.